The van der Waals surface area contributed by atoms with Gasteiger partial charge in [-0.3, -0.25) is 9.59 Å². The van der Waals surface area contributed by atoms with Crippen LogP contribution in [0.3, 0.4) is 0 Å². The number of hydrogen-bond donors (Lipinski definition) is 2. The van der Waals surface area contributed by atoms with Gasteiger partial charge in [-0.2, -0.15) is 0 Å². The number of rotatable bonds is 13. The van der Waals surface area contributed by atoms with E-state index in [1.807, 2.05) is 38.1 Å². The summed E-state index contributed by atoms with van der Waals surface area (Å²) in [5.74, 6) is -0.0678. The van der Waals surface area contributed by atoms with Crippen molar-refractivity contribution in [2.45, 2.75) is 131 Å². The Labute approximate surface area is 225 Å². The van der Waals surface area contributed by atoms with Crippen LogP contribution in [-0.2, 0) is 20.7 Å². The van der Waals surface area contributed by atoms with Gasteiger partial charge in [0, 0.05) is 12.1 Å². The SMILES string of the molecule is CCCC(C)NC(=O)C(c1ccc(CC)cc1)N(C(=O)C(C)NC(=O)OC(C)(C)C)C(C)CCC(C)C. The molecule has 0 bridgehead atoms. The molecular formula is C30H51N3O4. The summed E-state index contributed by atoms with van der Waals surface area (Å²) >= 11 is 0. The zero-order valence-electron chi connectivity index (χ0n) is 24.8. The third kappa shape index (κ3) is 11.1. The van der Waals surface area contributed by atoms with Gasteiger partial charge in [-0.1, -0.05) is 58.4 Å². The summed E-state index contributed by atoms with van der Waals surface area (Å²) in [6.07, 6.45) is 3.67. The molecule has 2 N–H and O–H groups in total. The molecule has 0 aromatic heterocycles. The number of aryl methyl sites for hydroxylation is 1. The van der Waals surface area contributed by atoms with Crippen LogP contribution in [0.1, 0.15) is 112 Å². The minimum atomic E-state index is -0.866. The number of ether oxygens (including phenoxy) is 1. The summed E-state index contributed by atoms with van der Waals surface area (Å²) in [7, 11) is 0. The van der Waals surface area contributed by atoms with Crippen molar-refractivity contribution in [3.05, 3.63) is 35.4 Å². The predicted molar refractivity (Wildman–Crippen MR) is 150 cm³/mol. The first-order valence-corrected chi connectivity index (χ1v) is 13.9. The third-order valence-corrected chi connectivity index (χ3v) is 6.34. The smallest absolute Gasteiger partial charge is 0.408 e. The molecular weight excluding hydrogens is 466 g/mol. The maximum Gasteiger partial charge on any atom is 0.408 e. The van der Waals surface area contributed by atoms with Gasteiger partial charge in [0.2, 0.25) is 11.8 Å². The zero-order valence-corrected chi connectivity index (χ0v) is 24.8. The van der Waals surface area contributed by atoms with Gasteiger partial charge < -0.3 is 20.3 Å². The second-order valence-corrected chi connectivity index (χ2v) is 11.6. The van der Waals surface area contributed by atoms with Gasteiger partial charge in [-0.05, 0) is 84.3 Å². The third-order valence-electron chi connectivity index (χ3n) is 6.34. The molecule has 1 aromatic carbocycles. The lowest BCUT2D eigenvalue weighted by atomic mass is 9.96. The van der Waals surface area contributed by atoms with Crippen molar-refractivity contribution >= 4 is 17.9 Å². The number of benzene rings is 1. The van der Waals surface area contributed by atoms with E-state index in [0.717, 1.165) is 43.2 Å². The molecule has 0 aliphatic heterocycles. The Balaban J connectivity index is 3.47. The maximum absolute atomic E-state index is 14.0. The number of carbonyl (C=O) groups excluding carboxylic acids is 3. The zero-order chi connectivity index (χ0) is 28.3. The standard InChI is InChI=1S/C30H51N3O4/c1-11-13-21(5)31-27(34)26(25-18-16-24(12-2)17-19-25)33(22(6)15-14-20(3)4)28(35)23(7)32-29(36)37-30(8,9)10/h16-23,26H,11-15H2,1-10H3,(H,31,34)(H,32,36). The molecule has 7 nitrogen and oxygen atoms in total. The quantitative estimate of drug-likeness (QED) is 0.328. The van der Waals surface area contributed by atoms with E-state index in [0.29, 0.717) is 5.92 Å². The van der Waals surface area contributed by atoms with Gasteiger partial charge >= 0.3 is 6.09 Å². The number of hydrogen-bond acceptors (Lipinski definition) is 4. The molecule has 0 aliphatic carbocycles. The average Bonchev–Trinajstić information content (AvgIpc) is 2.79. The van der Waals surface area contributed by atoms with Crippen LogP contribution in [0.2, 0.25) is 0 Å². The van der Waals surface area contributed by atoms with Gasteiger partial charge in [-0.15, -0.1) is 0 Å². The number of nitrogens with one attached hydrogen (secondary N) is 2. The molecule has 0 saturated heterocycles. The summed E-state index contributed by atoms with van der Waals surface area (Å²) in [6, 6.07) is 5.97. The monoisotopic (exact) mass is 517 g/mol. The van der Waals surface area contributed by atoms with Crippen molar-refractivity contribution < 1.29 is 19.1 Å². The molecule has 7 heteroatoms. The molecule has 0 radical (unpaired) electrons. The molecule has 1 aromatic rings. The topological polar surface area (TPSA) is 87.7 Å². The Hall–Kier alpha value is -2.57. The second-order valence-electron chi connectivity index (χ2n) is 11.6. The van der Waals surface area contributed by atoms with Gasteiger partial charge in [0.25, 0.3) is 0 Å². The van der Waals surface area contributed by atoms with Crippen LogP contribution in [0.5, 0.6) is 0 Å². The van der Waals surface area contributed by atoms with E-state index >= 15 is 0 Å². The van der Waals surface area contributed by atoms with E-state index in [9.17, 15) is 14.4 Å². The van der Waals surface area contributed by atoms with Crippen molar-refractivity contribution in [1.29, 1.82) is 0 Å². The van der Waals surface area contributed by atoms with Crippen LogP contribution in [0.25, 0.3) is 0 Å². The summed E-state index contributed by atoms with van der Waals surface area (Å²) in [5, 5.41) is 5.81. The van der Waals surface area contributed by atoms with Crippen molar-refractivity contribution in [2.24, 2.45) is 5.92 Å². The summed E-state index contributed by atoms with van der Waals surface area (Å²) < 4.78 is 5.38. The number of nitrogens with zero attached hydrogens (tertiary/aromatic N) is 1. The van der Waals surface area contributed by atoms with Crippen LogP contribution in [0.15, 0.2) is 24.3 Å². The van der Waals surface area contributed by atoms with Crippen LogP contribution in [0.4, 0.5) is 4.79 Å². The van der Waals surface area contributed by atoms with E-state index in [-0.39, 0.29) is 23.9 Å². The molecule has 0 fully saturated rings. The van der Waals surface area contributed by atoms with Crippen LogP contribution in [-0.4, -0.2) is 46.5 Å². The van der Waals surface area contributed by atoms with Crippen LogP contribution < -0.4 is 10.6 Å². The molecule has 4 atom stereocenters. The Kier molecular flexibility index (Phi) is 13.2. The first kappa shape index (κ1) is 32.5. The van der Waals surface area contributed by atoms with E-state index in [1.165, 1.54) is 0 Å². The van der Waals surface area contributed by atoms with Gasteiger partial charge in [0.15, 0.2) is 0 Å². The number of alkyl carbamates (subject to hydrolysis) is 1. The Morgan fingerprint density at radius 2 is 1.49 bits per heavy atom. The Morgan fingerprint density at radius 3 is 1.97 bits per heavy atom. The van der Waals surface area contributed by atoms with Crippen LogP contribution in [0, 0.1) is 5.92 Å². The lowest BCUT2D eigenvalue weighted by Crippen LogP contribution is -2.55. The van der Waals surface area contributed by atoms with E-state index < -0.39 is 23.8 Å². The summed E-state index contributed by atoms with van der Waals surface area (Å²) in [5.41, 5.74) is 1.23. The van der Waals surface area contributed by atoms with E-state index in [4.69, 9.17) is 4.74 Å². The molecule has 1 rings (SSSR count). The van der Waals surface area contributed by atoms with Crippen molar-refractivity contribution in [2.75, 3.05) is 0 Å². The van der Waals surface area contributed by atoms with Crippen molar-refractivity contribution in [3.63, 3.8) is 0 Å². The molecule has 0 aliphatic rings. The van der Waals surface area contributed by atoms with Crippen LogP contribution >= 0.6 is 0 Å². The molecule has 3 amide bonds. The largest absolute Gasteiger partial charge is 0.444 e. The lowest BCUT2D eigenvalue weighted by Gasteiger charge is -2.38. The maximum atomic E-state index is 14.0. The summed E-state index contributed by atoms with van der Waals surface area (Å²) in [4.78, 5) is 41.9. The highest BCUT2D eigenvalue weighted by Crippen LogP contribution is 2.28. The fraction of sp³-hybridized carbons (Fsp3) is 0.700. The second kappa shape index (κ2) is 15.0. The van der Waals surface area contributed by atoms with Gasteiger partial charge in [0.05, 0.1) is 0 Å². The minimum Gasteiger partial charge on any atom is -0.444 e. The molecule has 0 spiro atoms. The predicted octanol–water partition coefficient (Wildman–Crippen LogP) is 6.16. The molecule has 210 valence electrons. The average molecular weight is 518 g/mol. The molecule has 0 heterocycles. The highest BCUT2D eigenvalue weighted by molar-refractivity contribution is 5.92. The fourth-order valence-corrected chi connectivity index (χ4v) is 4.28. The Morgan fingerprint density at radius 1 is 0.892 bits per heavy atom. The molecule has 0 saturated carbocycles. The molecule has 4 unspecified atom stereocenters. The number of amides is 3. The Bertz CT molecular complexity index is 861. The summed E-state index contributed by atoms with van der Waals surface area (Å²) in [6.45, 7) is 19.4. The van der Waals surface area contributed by atoms with Crippen molar-refractivity contribution in [3.8, 4) is 0 Å². The van der Waals surface area contributed by atoms with Gasteiger partial charge in [0.1, 0.15) is 17.7 Å². The van der Waals surface area contributed by atoms with E-state index in [2.05, 4.69) is 38.3 Å². The first-order chi connectivity index (χ1) is 17.2. The number of carbonyl (C=O) groups is 3. The lowest BCUT2D eigenvalue weighted by molar-refractivity contribution is -0.145. The highest BCUT2D eigenvalue weighted by Gasteiger charge is 2.37. The van der Waals surface area contributed by atoms with Crippen molar-refractivity contribution in [1.82, 2.24) is 15.5 Å². The fourth-order valence-electron chi connectivity index (χ4n) is 4.28. The molecule has 37 heavy (non-hydrogen) atoms. The first-order valence-electron chi connectivity index (χ1n) is 13.9. The van der Waals surface area contributed by atoms with E-state index in [1.54, 1.807) is 32.6 Å². The highest BCUT2D eigenvalue weighted by atomic mass is 16.6. The minimum absolute atomic E-state index is 0.0184. The normalized spacial score (nSPS) is 14.9. The van der Waals surface area contributed by atoms with Gasteiger partial charge in [-0.25, -0.2) is 4.79 Å².